The highest BCUT2D eigenvalue weighted by Crippen LogP contribution is 2.36. The summed E-state index contributed by atoms with van der Waals surface area (Å²) in [6, 6.07) is 11.3. The minimum absolute atomic E-state index is 0.294. The topological polar surface area (TPSA) is 52.3 Å². The Kier molecular flexibility index (Phi) is 5.88. The van der Waals surface area contributed by atoms with Crippen molar-refractivity contribution in [2.75, 3.05) is 19.9 Å². The van der Waals surface area contributed by atoms with Gasteiger partial charge in [-0.2, -0.15) is 0 Å². The molecule has 0 radical (unpaired) electrons. The van der Waals surface area contributed by atoms with E-state index in [2.05, 4.69) is 11.8 Å². The average Bonchev–Trinajstić information content (AvgIpc) is 2.68. The van der Waals surface area contributed by atoms with Gasteiger partial charge in [0.25, 0.3) is 0 Å². The Hall–Kier alpha value is -2.71. The summed E-state index contributed by atoms with van der Waals surface area (Å²) in [4.78, 5) is 11.8. The highest BCUT2D eigenvalue weighted by Gasteiger charge is 2.34. The Morgan fingerprint density at radius 3 is 2.56 bits per heavy atom. The van der Waals surface area contributed by atoms with Crippen LogP contribution in [0.1, 0.15) is 39.9 Å². The SMILES string of the molecule is NC(=O)c1ccc(C#Cc2ccccc2F)cc1CC1(CF)CCOCC1. The van der Waals surface area contributed by atoms with E-state index >= 15 is 0 Å². The van der Waals surface area contributed by atoms with Gasteiger partial charge in [-0.25, -0.2) is 4.39 Å². The molecule has 1 aliphatic heterocycles. The third-order valence-corrected chi connectivity index (χ3v) is 4.99. The van der Waals surface area contributed by atoms with E-state index in [1.165, 1.54) is 6.07 Å². The number of rotatable bonds is 4. The van der Waals surface area contributed by atoms with Crippen LogP contribution in [0.2, 0.25) is 0 Å². The predicted molar refractivity (Wildman–Crippen MR) is 99.5 cm³/mol. The van der Waals surface area contributed by atoms with Crippen molar-refractivity contribution in [3.05, 3.63) is 70.5 Å². The van der Waals surface area contributed by atoms with Crippen LogP contribution in [0.5, 0.6) is 0 Å². The normalized spacial score (nSPS) is 15.6. The molecule has 1 aliphatic rings. The van der Waals surface area contributed by atoms with E-state index in [9.17, 15) is 13.6 Å². The molecule has 1 amide bonds. The Morgan fingerprint density at radius 2 is 1.89 bits per heavy atom. The van der Waals surface area contributed by atoms with Crippen molar-refractivity contribution in [2.45, 2.75) is 19.3 Å². The number of hydrogen-bond donors (Lipinski definition) is 1. The molecule has 140 valence electrons. The van der Waals surface area contributed by atoms with Crippen LogP contribution >= 0.6 is 0 Å². The maximum atomic E-state index is 13.8. The number of carbonyl (C=O) groups is 1. The monoisotopic (exact) mass is 369 g/mol. The second kappa shape index (κ2) is 8.32. The summed E-state index contributed by atoms with van der Waals surface area (Å²) >= 11 is 0. The summed E-state index contributed by atoms with van der Waals surface area (Å²) in [6.07, 6.45) is 1.57. The largest absolute Gasteiger partial charge is 0.381 e. The highest BCUT2D eigenvalue weighted by atomic mass is 19.1. The minimum atomic E-state index is -0.556. The molecular formula is C22H21F2NO2. The van der Waals surface area contributed by atoms with Gasteiger partial charge < -0.3 is 10.5 Å². The summed E-state index contributed by atoms with van der Waals surface area (Å²) in [5, 5.41) is 0. The van der Waals surface area contributed by atoms with Crippen LogP contribution in [0.25, 0.3) is 0 Å². The molecule has 0 unspecified atom stereocenters. The highest BCUT2D eigenvalue weighted by molar-refractivity contribution is 5.94. The van der Waals surface area contributed by atoms with Crippen LogP contribution < -0.4 is 5.73 Å². The van der Waals surface area contributed by atoms with E-state index in [1.807, 2.05) is 0 Å². The standard InChI is InChI=1S/C22H21F2NO2/c23-15-22(9-11-27-12-10-22)14-18-13-16(6-8-19(18)21(25)26)5-7-17-3-1-2-4-20(17)24/h1-4,6,8,13H,9-12,14-15H2,(H2,25,26). The zero-order valence-electron chi connectivity index (χ0n) is 14.9. The van der Waals surface area contributed by atoms with E-state index in [0.29, 0.717) is 54.7 Å². The lowest BCUT2D eigenvalue weighted by Crippen LogP contribution is -2.34. The number of primary amides is 1. The second-order valence-corrected chi connectivity index (χ2v) is 6.89. The molecule has 2 aromatic rings. The molecule has 2 aromatic carbocycles. The molecule has 0 aromatic heterocycles. The Morgan fingerprint density at radius 1 is 1.15 bits per heavy atom. The molecule has 2 N–H and O–H groups in total. The first-order valence-electron chi connectivity index (χ1n) is 8.86. The van der Waals surface area contributed by atoms with Crippen LogP contribution in [0.4, 0.5) is 8.78 Å². The quantitative estimate of drug-likeness (QED) is 0.837. The van der Waals surface area contributed by atoms with Crippen molar-refractivity contribution in [3.63, 3.8) is 0 Å². The van der Waals surface area contributed by atoms with Gasteiger partial charge in [0.15, 0.2) is 0 Å². The number of hydrogen-bond acceptors (Lipinski definition) is 2. The number of benzene rings is 2. The molecule has 3 nitrogen and oxygen atoms in total. The summed E-state index contributed by atoms with van der Waals surface area (Å²) in [6.45, 7) is 0.519. The van der Waals surface area contributed by atoms with Gasteiger partial charge in [-0.1, -0.05) is 24.0 Å². The van der Waals surface area contributed by atoms with E-state index in [1.54, 1.807) is 36.4 Å². The lowest BCUT2D eigenvalue weighted by Gasteiger charge is -2.35. The van der Waals surface area contributed by atoms with Gasteiger partial charge in [0, 0.05) is 29.8 Å². The van der Waals surface area contributed by atoms with Gasteiger partial charge in [-0.3, -0.25) is 9.18 Å². The van der Waals surface area contributed by atoms with E-state index < -0.39 is 23.8 Å². The van der Waals surface area contributed by atoms with Crippen LogP contribution in [0.3, 0.4) is 0 Å². The summed E-state index contributed by atoms with van der Waals surface area (Å²) < 4.78 is 32.9. The number of alkyl halides is 1. The molecule has 1 saturated heterocycles. The first kappa shape index (κ1) is 19.1. The van der Waals surface area contributed by atoms with Crippen LogP contribution in [0.15, 0.2) is 42.5 Å². The number of carbonyl (C=O) groups excluding carboxylic acids is 1. The maximum Gasteiger partial charge on any atom is 0.248 e. The smallest absolute Gasteiger partial charge is 0.248 e. The fraction of sp³-hybridized carbons (Fsp3) is 0.318. The Labute approximate surface area is 157 Å². The third kappa shape index (κ3) is 4.53. The van der Waals surface area contributed by atoms with Crippen molar-refractivity contribution < 1.29 is 18.3 Å². The van der Waals surface area contributed by atoms with Crippen molar-refractivity contribution in [1.82, 2.24) is 0 Å². The summed E-state index contributed by atoms with van der Waals surface area (Å²) in [7, 11) is 0. The minimum Gasteiger partial charge on any atom is -0.381 e. The third-order valence-electron chi connectivity index (χ3n) is 4.99. The molecule has 0 bridgehead atoms. The number of nitrogens with two attached hydrogens (primary N) is 1. The zero-order chi connectivity index (χ0) is 19.3. The predicted octanol–water partition coefficient (Wildman–Crippen LogP) is 3.63. The summed E-state index contributed by atoms with van der Waals surface area (Å²) in [5.74, 6) is 4.77. The first-order chi connectivity index (χ1) is 13.0. The Bertz CT molecular complexity index is 893. The van der Waals surface area contributed by atoms with Crippen molar-refractivity contribution in [1.29, 1.82) is 0 Å². The maximum absolute atomic E-state index is 13.8. The van der Waals surface area contributed by atoms with Crippen molar-refractivity contribution in [3.8, 4) is 11.8 Å². The fourth-order valence-electron chi connectivity index (χ4n) is 3.33. The molecule has 1 fully saturated rings. The van der Waals surface area contributed by atoms with Crippen LogP contribution in [0, 0.1) is 23.1 Å². The number of halogens is 2. The number of ether oxygens (including phenoxy) is 1. The lowest BCUT2D eigenvalue weighted by atomic mass is 9.75. The average molecular weight is 369 g/mol. The zero-order valence-corrected chi connectivity index (χ0v) is 14.9. The van der Waals surface area contributed by atoms with E-state index in [4.69, 9.17) is 10.5 Å². The lowest BCUT2D eigenvalue weighted by molar-refractivity contribution is 0.00195. The molecule has 5 heteroatoms. The van der Waals surface area contributed by atoms with Crippen molar-refractivity contribution in [2.24, 2.45) is 11.1 Å². The van der Waals surface area contributed by atoms with Gasteiger partial charge >= 0.3 is 0 Å². The molecular weight excluding hydrogens is 348 g/mol. The summed E-state index contributed by atoms with van der Waals surface area (Å²) in [5.41, 5.74) is 6.89. The van der Waals surface area contributed by atoms with Gasteiger partial charge in [0.05, 0.1) is 12.2 Å². The molecule has 0 saturated carbocycles. The fourth-order valence-corrected chi connectivity index (χ4v) is 3.33. The first-order valence-corrected chi connectivity index (χ1v) is 8.86. The van der Waals surface area contributed by atoms with E-state index in [0.717, 1.165) is 0 Å². The van der Waals surface area contributed by atoms with Crippen LogP contribution in [-0.4, -0.2) is 25.8 Å². The molecule has 1 heterocycles. The van der Waals surface area contributed by atoms with Crippen molar-refractivity contribution >= 4 is 5.91 Å². The molecule has 0 atom stereocenters. The molecule has 3 rings (SSSR count). The molecule has 0 aliphatic carbocycles. The van der Waals surface area contributed by atoms with Gasteiger partial charge in [0.2, 0.25) is 5.91 Å². The Balaban J connectivity index is 1.94. The van der Waals surface area contributed by atoms with Gasteiger partial charge in [0.1, 0.15) is 5.82 Å². The van der Waals surface area contributed by atoms with Gasteiger partial charge in [-0.05, 0) is 55.2 Å². The second-order valence-electron chi connectivity index (χ2n) is 6.89. The molecule has 0 spiro atoms. The van der Waals surface area contributed by atoms with E-state index in [-0.39, 0.29) is 0 Å². The number of amides is 1. The van der Waals surface area contributed by atoms with Crippen LogP contribution in [-0.2, 0) is 11.2 Å². The molecule has 27 heavy (non-hydrogen) atoms. The van der Waals surface area contributed by atoms with Gasteiger partial charge in [-0.15, -0.1) is 0 Å².